The molecule has 216 valence electrons. The van der Waals surface area contributed by atoms with Gasteiger partial charge >= 0.3 is 0 Å². The average molecular weight is 606 g/mol. The van der Waals surface area contributed by atoms with Crippen molar-refractivity contribution in [1.82, 2.24) is 4.98 Å². The summed E-state index contributed by atoms with van der Waals surface area (Å²) in [5.41, 5.74) is 6.92. The largest absolute Gasteiger partial charge is 0.454 e. The Morgan fingerprint density at radius 3 is 1.78 bits per heavy atom. The van der Waals surface area contributed by atoms with Crippen molar-refractivity contribution in [2.75, 3.05) is 0 Å². The molecule has 0 amide bonds. The van der Waals surface area contributed by atoms with E-state index in [2.05, 4.69) is 164 Å². The number of nitrogens with zero attached hydrogens (tertiary/aromatic N) is 1. The number of furan rings is 1. The second-order valence-electron chi connectivity index (χ2n) is 11.5. The maximum atomic E-state index is 6.67. The van der Waals surface area contributed by atoms with Gasteiger partial charge in [-0.15, -0.1) is 0 Å². The van der Waals surface area contributed by atoms with Gasteiger partial charge in [-0.3, -0.25) is 0 Å². The first-order valence-electron chi connectivity index (χ1n) is 15.6. The number of rotatable bonds is 5. The van der Waals surface area contributed by atoms with Crippen LogP contribution >= 0.6 is 7.92 Å². The summed E-state index contributed by atoms with van der Waals surface area (Å²) in [5, 5.41) is 9.70. The molecule has 46 heavy (non-hydrogen) atoms. The van der Waals surface area contributed by atoms with E-state index in [-0.39, 0.29) is 0 Å². The molecule has 0 aliphatic carbocycles. The van der Waals surface area contributed by atoms with Crippen LogP contribution in [0.5, 0.6) is 0 Å². The van der Waals surface area contributed by atoms with Gasteiger partial charge in [0.1, 0.15) is 11.3 Å². The summed E-state index contributed by atoms with van der Waals surface area (Å²) in [6.45, 7) is 0. The van der Waals surface area contributed by atoms with Gasteiger partial charge in [0, 0.05) is 21.7 Å². The fraction of sp³-hybridized carbons (Fsp3) is 0. The van der Waals surface area contributed by atoms with E-state index in [9.17, 15) is 0 Å². The molecular weight excluding hydrogens is 577 g/mol. The lowest BCUT2D eigenvalue weighted by molar-refractivity contribution is 0.669. The molecule has 0 fully saturated rings. The summed E-state index contributed by atoms with van der Waals surface area (Å²) < 4.78 is 6.67. The highest BCUT2D eigenvalue weighted by Gasteiger charge is 2.22. The van der Waals surface area contributed by atoms with Crippen LogP contribution in [0.3, 0.4) is 0 Å². The first-order chi connectivity index (χ1) is 22.8. The molecule has 0 atom stereocenters. The lowest BCUT2D eigenvalue weighted by Gasteiger charge is -2.20. The van der Waals surface area contributed by atoms with Crippen molar-refractivity contribution in [3.05, 3.63) is 170 Å². The molecule has 9 rings (SSSR count). The average Bonchev–Trinajstić information content (AvgIpc) is 3.52. The van der Waals surface area contributed by atoms with Crippen LogP contribution in [-0.4, -0.2) is 4.98 Å². The minimum absolute atomic E-state index is 0.678. The van der Waals surface area contributed by atoms with E-state index >= 15 is 0 Å². The predicted molar refractivity (Wildman–Crippen MR) is 196 cm³/mol. The lowest BCUT2D eigenvalue weighted by Crippen LogP contribution is -2.20. The number of hydrogen-bond acceptors (Lipinski definition) is 2. The maximum absolute atomic E-state index is 6.67. The van der Waals surface area contributed by atoms with Gasteiger partial charge in [-0.05, 0) is 57.9 Å². The van der Waals surface area contributed by atoms with Gasteiger partial charge in [-0.2, -0.15) is 0 Å². The van der Waals surface area contributed by atoms with Gasteiger partial charge in [0.25, 0.3) is 0 Å². The van der Waals surface area contributed by atoms with Crippen molar-refractivity contribution in [3.8, 4) is 22.4 Å². The summed E-state index contributed by atoms with van der Waals surface area (Å²) in [6.07, 6.45) is 0. The van der Waals surface area contributed by atoms with E-state index in [0.717, 1.165) is 55.2 Å². The Balaban J connectivity index is 1.26. The number of aromatic nitrogens is 1. The summed E-state index contributed by atoms with van der Waals surface area (Å²) in [4.78, 5) is 5.34. The standard InChI is InChI=1S/C43H28NOP/c1-3-15-31(16-4-1)46(32-17-5-2-6-18-32)33-27-25-30(26-28-33)35-21-12-23-38-40(35)41-37-20-9-10-24-39(37)45-43(41)42(44-38)36-22-11-14-29-13-7-8-19-34(29)36/h1-28H. The van der Waals surface area contributed by atoms with Gasteiger partial charge in [-0.25, -0.2) is 4.98 Å². The Bertz CT molecular complexity index is 2470. The van der Waals surface area contributed by atoms with E-state index in [4.69, 9.17) is 9.40 Å². The molecule has 0 spiro atoms. The van der Waals surface area contributed by atoms with Gasteiger partial charge in [0.2, 0.25) is 0 Å². The quantitative estimate of drug-likeness (QED) is 0.183. The number of pyridine rings is 1. The van der Waals surface area contributed by atoms with Gasteiger partial charge in [0.05, 0.1) is 5.52 Å². The Morgan fingerprint density at radius 1 is 0.435 bits per heavy atom. The molecule has 0 aliphatic heterocycles. The molecule has 3 heteroatoms. The van der Waals surface area contributed by atoms with Crippen LogP contribution in [0.2, 0.25) is 0 Å². The van der Waals surface area contributed by atoms with E-state index < -0.39 is 7.92 Å². The van der Waals surface area contributed by atoms with Gasteiger partial charge in [-0.1, -0.05) is 158 Å². The zero-order valence-electron chi connectivity index (χ0n) is 25.0. The van der Waals surface area contributed by atoms with Crippen LogP contribution in [0.1, 0.15) is 0 Å². The smallest absolute Gasteiger partial charge is 0.162 e. The molecule has 0 unspecified atom stereocenters. The SMILES string of the molecule is c1ccc(P(c2ccccc2)c2ccc(-c3cccc4nc(-c5cccc6ccccc56)c5oc6ccccc6c5c34)cc2)cc1. The monoisotopic (exact) mass is 605 g/mol. The fourth-order valence-electron chi connectivity index (χ4n) is 6.77. The highest BCUT2D eigenvalue weighted by Crippen LogP contribution is 2.44. The second-order valence-corrected chi connectivity index (χ2v) is 13.8. The molecule has 2 heterocycles. The molecule has 7 aromatic carbocycles. The van der Waals surface area contributed by atoms with Crippen LogP contribution in [0.4, 0.5) is 0 Å². The Labute approximate surface area is 268 Å². The summed E-state index contributed by atoms with van der Waals surface area (Å²) in [7, 11) is -0.678. The predicted octanol–water partition coefficient (Wildman–Crippen LogP) is 10.4. The molecule has 2 nitrogen and oxygen atoms in total. The molecule has 0 saturated heterocycles. The minimum Gasteiger partial charge on any atom is -0.454 e. The van der Waals surface area contributed by atoms with E-state index in [1.807, 2.05) is 6.07 Å². The molecule has 9 aromatic rings. The zero-order chi connectivity index (χ0) is 30.5. The maximum Gasteiger partial charge on any atom is 0.162 e. The third kappa shape index (κ3) is 4.42. The van der Waals surface area contributed by atoms with E-state index in [0.29, 0.717) is 0 Å². The fourth-order valence-corrected chi connectivity index (χ4v) is 9.06. The van der Waals surface area contributed by atoms with Crippen LogP contribution < -0.4 is 15.9 Å². The van der Waals surface area contributed by atoms with E-state index in [1.54, 1.807) is 0 Å². The molecule has 2 aromatic heterocycles. The lowest BCUT2D eigenvalue weighted by atomic mass is 9.94. The molecule has 0 bridgehead atoms. The molecular formula is C43H28NOP. The Kier molecular flexibility index (Phi) is 6.47. The minimum atomic E-state index is -0.678. The van der Waals surface area contributed by atoms with Gasteiger partial charge in [0.15, 0.2) is 5.58 Å². The first kappa shape index (κ1) is 26.8. The molecule has 0 N–H and O–H groups in total. The third-order valence-electron chi connectivity index (χ3n) is 8.85. The molecule has 0 radical (unpaired) electrons. The van der Waals surface area contributed by atoms with Crippen LogP contribution in [0, 0.1) is 0 Å². The van der Waals surface area contributed by atoms with Crippen molar-refractivity contribution in [3.63, 3.8) is 0 Å². The topological polar surface area (TPSA) is 26.0 Å². The number of fused-ring (bicyclic) bond motifs is 6. The van der Waals surface area contributed by atoms with Crippen molar-refractivity contribution < 1.29 is 4.42 Å². The van der Waals surface area contributed by atoms with Crippen molar-refractivity contribution in [1.29, 1.82) is 0 Å². The van der Waals surface area contributed by atoms with Crippen LogP contribution in [0.15, 0.2) is 174 Å². The highest BCUT2D eigenvalue weighted by atomic mass is 31.1. The molecule has 0 saturated carbocycles. The summed E-state index contributed by atoms with van der Waals surface area (Å²) >= 11 is 0. The second kappa shape index (κ2) is 11.1. The van der Waals surface area contributed by atoms with Crippen LogP contribution in [-0.2, 0) is 0 Å². The number of para-hydroxylation sites is 1. The van der Waals surface area contributed by atoms with Gasteiger partial charge < -0.3 is 4.42 Å². The van der Waals surface area contributed by atoms with E-state index in [1.165, 1.54) is 26.7 Å². The first-order valence-corrected chi connectivity index (χ1v) is 16.9. The third-order valence-corrected chi connectivity index (χ3v) is 11.3. The van der Waals surface area contributed by atoms with Crippen molar-refractivity contribution in [2.45, 2.75) is 0 Å². The normalized spacial score (nSPS) is 11.7. The van der Waals surface area contributed by atoms with Crippen molar-refractivity contribution in [2.24, 2.45) is 0 Å². The summed E-state index contributed by atoms with van der Waals surface area (Å²) in [5.74, 6) is 0. The Morgan fingerprint density at radius 2 is 1.02 bits per heavy atom. The summed E-state index contributed by atoms with van der Waals surface area (Å²) in [6, 6.07) is 60.6. The Hall–Kier alpha value is -5.56. The molecule has 0 aliphatic rings. The highest BCUT2D eigenvalue weighted by molar-refractivity contribution is 7.79. The van der Waals surface area contributed by atoms with Crippen LogP contribution in [0.25, 0.3) is 66.0 Å². The number of benzene rings is 7. The van der Waals surface area contributed by atoms with Crippen molar-refractivity contribution >= 4 is 67.4 Å². The number of hydrogen-bond donors (Lipinski definition) is 0. The zero-order valence-corrected chi connectivity index (χ0v) is 25.9.